The van der Waals surface area contributed by atoms with Crippen molar-refractivity contribution in [3.63, 3.8) is 0 Å². The molecule has 0 atom stereocenters. The van der Waals surface area contributed by atoms with Crippen molar-refractivity contribution in [2.45, 2.75) is 0 Å². The normalized spacial score (nSPS) is 9.07. The first-order chi connectivity index (χ1) is 14.0. The zero-order valence-electron chi connectivity index (χ0n) is 16.4. The van der Waals surface area contributed by atoms with Gasteiger partial charge in [-0.2, -0.15) is 0 Å². The van der Waals surface area contributed by atoms with Crippen LogP contribution in [0.2, 0.25) is 0 Å². The molecule has 0 aromatic heterocycles. The maximum Gasteiger partial charge on any atom is 0.335 e. The number of aromatic carboxylic acids is 1. The van der Waals surface area contributed by atoms with Crippen molar-refractivity contribution in [2.75, 3.05) is 14.1 Å². The van der Waals surface area contributed by atoms with Crippen LogP contribution in [0.25, 0.3) is 0 Å². The first-order valence-electron chi connectivity index (χ1n) is 8.79. The van der Waals surface area contributed by atoms with Gasteiger partial charge in [0.25, 0.3) is 11.8 Å². The zero-order chi connectivity index (χ0) is 21.6. The second-order valence-corrected chi connectivity index (χ2v) is 5.57. The highest BCUT2D eigenvalue weighted by atomic mass is 16.4. The van der Waals surface area contributed by atoms with Gasteiger partial charge < -0.3 is 10.8 Å². The van der Waals surface area contributed by atoms with E-state index < -0.39 is 5.97 Å². The lowest BCUT2D eigenvalue weighted by Crippen LogP contribution is -2.33. The summed E-state index contributed by atoms with van der Waals surface area (Å²) in [5.74, 6) is -1.48. The van der Waals surface area contributed by atoms with E-state index in [1.165, 1.54) is 14.1 Å². The Balaban J connectivity index is 0.000000321. The fourth-order valence-corrected chi connectivity index (χ4v) is 2.22. The molecule has 0 aliphatic heterocycles. The molecule has 3 N–H and O–H groups in total. The van der Waals surface area contributed by atoms with Gasteiger partial charge in [0.15, 0.2) is 0 Å². The molecule has 0 bridgehead atoms. The van der Waals surface area contributed by atoms with E-state index in [1.807, 2.05) is 12.1 Å². The summed E-state index contributed by atoms with van der Waals surface area (Å²) in [5, 5.41) is 8.38. The number of nitrogens with zero attached hydrogens (tertiary/aromatic N) is 1. The molecule has 0 aliphatic rings. The van der Waals surface area contributed by atoms with Crippen molar-refractivity contribution < 1.29 is 19.5 Å². The van der Waals surface area contributed by atoms with Gasteiger partial charge in [0.05, 0.1) is 5.56 Å². The van der Waals surface area contributed by atoms with Gasteiger partial charge in [0.1, 0.15) is 0 Å². The summed E-state index contributed by atoms with van der Waals surface area (Å²) >= 11 is 0. The van der Waals surface area contributed by atoms with Gasteiger partial charge in [-0.3, -0.25) is 14.5 Å². The summed E-state index contributed by atoms with van der Waals surface area (Å²) in [7, 11) is 2.99. The molecule has 0 fully saturated rings. The molecule has 2 amide bonds. The van der Waals surface area contributed by atoms with Crippen LogP contribution in [0.5, 0.6) is 0 Å². The minimum atomic E-state index is -0.879. The maximum absolute atomic E-state index is 12.1. The second-order valence-electron chi connectivity index (χ2n) is 5.57. The number of benzene rings is 3. The molecule has 3 aromatic carbocycles. The molecule has 6 nitrogen and oxygen atoms in total. The topological polar surface area (TPSA) is 101 Å². The largest absolute Gasteiger partial charge is 0.478 e. The molecule has 150 valence electrons. The average Bonchev–Trinajstić information content (AvgIpc) is 2.81. The Kier molecular flexibility index (Phi) is 10.1. The third kappa shape index (κ3) is 7.40. The Hall–Kier alpha value is -3.77. The first kappa shape index (κ1) is 23.3. The Morgan fingerprint density at radius 1 is 0.621 bits per heavy atom. The van der Waals surface area contributed by atoms with Crippen LogP contribution < -0.4 is 5.73 Å². The van der Waals surface area contributed by atoms with E-state index in [0.29, 0.717) is 16.7 Å². The van der Waals surface area contributed by atoms with E-state index >= 15 is 0 Å². The lowest BCUT2D eigenvalue weighted by Gasteiger charge is -2.15. The molecule has 0 saturated heterocycles. The standard InChI is InChI=1S/C15H13NO2.C7H6O2.CH5N/c1-16(14(17)12-8-4-2-5-9-12)15(18)13-10-6-3-7-11-13;8-7(9)6-4-2-1-3-5-6;1-2/h2-11H,1H3;1-5H,(H,8,9);2H2,1H3. The quantitative estimate of drug-likeness (QED) is 0.664. The smallest absolute Gasteiger partial charge is 0.335 e. The van der Waals surface area contributed by atoms with E-state index in [-0.39, 0.29) is 11.8 Å². The third-order valence-corrected chi connectivity index (χ3v) is 3.67. The molecule has 29 heavy (non-hydrogen) atoms. The predicted octanol–water partition coefficient (Wildman–Crippen LogP) is 3.56. The van der Waals surface area contributed by atoms with E-state index in [4.69, 9.17) is 5.11 Å². The summed E-state index contributed by atoms with van der Waals surface area (Å²) in [5.41, 5.74) is 5.84. The molecule has 6 heteroatoms. The molecule has 0 unspecified atom stereocenters. The summed E-state index contributed by atoms with van der Waals surface area (Å²) in [6.07, 6.45) is 0. The highest BCUT2D eigenvalue weighted by molar-refractivity contribution is 6.10. The number of imide groups is 1. The van der Waals surface area contributed by atoms with Crippen LogP contribution in [-0.4, -0.2) is 41.9 Å². The number of nitrogens with two attached hydrogens (primary N) is 1. The van der Waals surface area contributed by atoms with E-state index in [2.05, 4.69) is 5.73 Å². The molecular weight excluding hydrogens is 368 g/mol. The number of hydrogen-bond acceptors (Lipinski definition) is 4. The highest BCUT2D eigenvalue weighted by Crippen LogP contribution is 2.08. The van der Waals surface area contributed by atoms with Gasteiger partial charge in [-0.25, -0.2) is 4.79 Å². The van der Waals surface area contributed by atoms with E-state index in [0.717, 1.165) is 4.90 Å². The van der Waals surface area contributed by atoms with Gasteiger partial charge in [-0.15, -0.1) is 0 Å². The fourth-order valence-electron chi connectivity index (χ4n) is 2.22. The van der Waals surface area contributed by atoms with Crippen LogP contribution in [0, 0.1) is 0 Å². The summed E-state index contributed by atoms with van der Waals surface area (Å²) in [6, 6.07) is 25.8. The van der Waals surface area contributed by atoms with Crippen LogP contribution in [0.15, 0.2) is 91.0 Å². The number of carboxylic acid groups (broad SMARTS) is 1. The summed E-state index contributed by atoms with van der Waals surface area (Å²) in [4.78, 5) is 35.5. The van der Waals surface area contributed by atoms with Crippen LogP contribution in [-0.2, 0) is 0 Å². The molecule has 0 saturated carbocycles. The third-order valence-electron chi connectivity index (χ3n) is 3.67. The molecular formula is C23H24N2O4. The molecule has 0 heterocycles. The first-order valence-corrected chi connectivity index (χ1v) is 8.79. The van der Waals surface area contributed by atoms with E-state index in [1.54, 1.807) is 78.9 Å². The monoisotopic (exact) mass is 392 g/mol. The van der Waals surface area contributed by atoms with Gasteiger partial charge in [0, 0.05) is 18.2 Å². The Morgan fingerprint density at radius 2 is 0.897 bits per heavy atom. The van der Waals surface area contributed by atoms with E-state index in [9.17, 15) is 14.4 Å². The lowest BCUT2D eigenvalue weighted by atomic mass is 10.1. The van der Waals surface area contributed by atoms with Crippen LogP contribution in [0.3, 0.4) is 0 Å². The number of amides is 2. The maximum atomic E-state index is 12.1. The number of carbonyl (C=O) groups is 3. The number of carboxylic acids is 1. The SMILES string of the molecule is CN.CN(C(=O)c1ccccc1)C(=O)c1ccccc1.O=C(O)c1ccccc1. The summed E-state index contributed by atoms with van der Waals surface area (Å²) in [6.45, 7) is 0. The van der Waals surface area contributed by atoms with Gasteiger partial charge in [0.2, 0.25) is 0 Å². The fraction of sp³-hybridized carbons (Fsp3) is 0.0870. The molecule has 3 aromatic rings. The minimum Gasteiger partial charge on any atom is -0.478 e. The lowest BCUT2D eigenvalue weighted by molar-refractivity contribution is 0.0652. The van der Waals surface area contributed by atoms with Crippen LogP contribution >= 0.6 is 0 Å². The van der Waals surface area contributed by atoms with Crippen molar-refractivity contribution in [1.82, 2.24) is 4.90 Å². The van der Waals surface area contributed by atoms with Gasteiger partial charge in [-0.05, 0) is 43.4 Å². The Bertz CT molecular complexity index is 846. The molecule has 3 rings (SSSR count). The summed E-state index contributed by atoms with van der Waals surface area (Å²) < 4.78 is 0. The zero-order valence-corrected chi connectivity index (χ0v) is 16.4. The Labute approximate surface area is 170 Å². The minimum absolute atomic E-state index is 0.301. The Morgan fingerprint density at radius 3 is 1.14 bits per heavy atom. The predicted molar refractivity (Wildman–Crippen MR) is 113 cm³/mol. The number of carbonyl (C=O) groups excluding carboxylic acids is 2. The van der Waals surface area contributed by atoms with Crippen molar-refractivity contribution >= 4 is 17.8 Å². The molecule has 0 radical (unpaired) electrons. The van der Waals surface area contributed by atoms with Crippen molar-refractivity contribution in [1.29, 1.82) is 0 Å². The second kappa shape index (κ2) is 12.6. The van der Waals surface area contributed by atoms with Crippen molar-refractivity contribution in [2.24, 2.45) is 5.73 Å². The van der Waals surface area contributed by atoms with Crippen molar-refractivity contribution in [3.8, 4) is 0 Å². The number of rotatable bonds is 3. The van der Waals surface area contributed by atoms with Gasteiger partial charge >= 0.3 is 5.97 Å². The molecule has 0 aliphatic carbocycles. The van der Waals surface area contributed by atoms with Gasteiger partial charge in [-0.1, -0.05) is 54.6 Å². The van der Waals surface area contributed by atoms with Crippen LogP contribution in [0.4, 0.5) is 0 Å². The van der Waals surface area contributed by atoms with Crippen LogP contribution in [0.1, 0.15) is 31.1 Å². The highest BCUT2D eigenvalue weighted by Gasteiger charge is 2.19. The molecule has 0 spiro atoms. The average molecular weight is 392 g/mol. The number of hydrogen-bond donors (Lipinski definition) is 2. The van der Waals surface area contributed by atoms with Crippen molar-refractivity contribution in [3.05, 3.63) is 108 Å².